The number of rotatable bonds is 4. The topological polar surface area (TPSA) is 0 Å². The molecule has 0 rings (SSSR count). The summed E-state index contributed by atoms with van der Waals surface area (Å²) >= 11 is 0. The van der Waals surface area contributed by atoms with Gasteiger partial charge in [-0.1, -0.05) is 49.6 Å². The lowest BCUT2D eigenvalue weighted by molar-refractivity contribution is 1.42. The fourth-order valence-corrected chi connectivity index (χ4v) is 0.898. The van der Waals surface area contributed by atoms with Crippen LogP contribution in [0.15, 0.2) is 60.8 Å². The molecule has 64 valence electrons. The maximum absolute atomic E-state index is 3.66. The Kier molecular flexibility index (Phi) is 5.72. The molecule has 0 fully saturated rings. The summed E-state index contributed by atoms with van der Waals surface area (Å²) in [6.45, 7) is 11.4. The number of hydrogen-bond acceptors (Lipinski definition) is 0. The first-order valence-corrected chi connectivity index (χ1v) is 4.01. The summed E-state index contributed by atoms with van der Waals surface area (Å²) in [4.78, 5) is 0. The molecule has 0 bridgehead atoms. The highest BCUT2D eigenvalue weighted by Crippen LogP contribution is 2.10. The SMILES string of the molecule is C=C/C=C(C)/C(/C=C\C)=C/C=C. The van der Waals surface area contributed by atoms with Gasteiger partial charge in [0, 0.05) is 0 Å². The lowest BCUT2D eigenvalue weighted by Gasteiger charge is -1.99. The van der Waals surface area contributed by atoms with Gasteiger partial charge in [-0.05, 0) is 25.0 Å². The van der Waals surface area contributed by atoms with E-state index in [-0.39, 0.29) is 0 Å². The quantitative estimate of drug-likeness (QED) is 0.549. The standard InChI is InChI=1S/C12H16/c1-5-8-11(4)12(9-6-2)10-7-3/h5-10H,1-2H2,3-4H3/b10-7-,11-8+,12-9+. The fourth-order valence-electron chi connectivity index (χ4n) is 0.898. The van der Waals surface area contributed by atoms with Gasteiger partial charge in [-0.25, -0.2) is 0 Å². The predicted molar refractivity (Wildman–Crippen MR) is 57.0 cm³/mol. The molecular formula is C12H16. The normalized spacial score (nSPS) is 13.5. The lowest BCUT2D eigenvalue weighted by atomic mass is 10.1. The van der Waals surface area contributed by atoms with Crippen LogP contribution in [-0.2, 0) is 0 Å². The van der Waals surface area contributed by atoms with E-state index < -0.39 is 0 Å². The Balaban J connectivity index is 4.73. The molecule has 0 aliphatic carbocycles. The van der Waals surface area contributed by atoms with E-state index in [1.54, 1.807) is 12.2 Å². The number of hydrogen-bond donors (Lipinski definition) is 0. The minimum absolute atomic E-state index is 1.17. The van der Waals surface area contributed by atoms with Gasteiger partial charge in [0.25, 0.3) is 0 Å². The molecule has 0 nitrogen and oxygen atoms in total. The highest BCUT2D eigenvalue weighted by Gasteiger charge is 1.90. The molecule has 0 aromatic rings. The summed E-state index contributed by atoms with van der Waals surface area (Å²) in [7, 11) is 0. The predicted octanol–water partition coefficient (Wildman–Crippen LogP) is 3.81. The molecular weight excluding hydrogens is 144 g/mol. The van der Waals surface area contributed by atoms with E-state index in [2.05, 4.69) is 26.2 Å². The van der Waals surface area contributed by atoms with E-state index in [0.29, 0.717) is 0 Å². The maximum Gasteiger partial charge on any atom is -0.0231 e. The van der Waals surface area contributed by atoms with Gasteiger partial charge in [0.15, 0.2) is 0 Å². The van der Waals surface area contributed by atoms with Crippen LogP contribution in [0.5, 0.6) is 0 Å². The van der Waals surface area contributed by atoms with Gasteiger partial charge in [0.1, 0.15) is 0 Å². The van der Waals surface area contributed by atoms with Crippen molar-refractivity contribution in [3.05, 3.63) is 60.8 Å². The van der Waals surface area contributed by atoms with Crippen molar-refractivity contribution in [2.75, 3.05) is 0 Å². The summed E-state index contributed by atoms with van der Waals surface area (Å²) in [5.41, 5.74) is 2.37. The molecule has 12 heavy (non-hydrogen) atoms. The summed E-state index contributed by atoms with van der Waals surface area (Å²) in [5.74, 6) is 0. The third kappa shape index (κ3) is 3.77. The average molecular weight is 160 g/mol. The Labute approximate surface area is 75.3 Å². The second kappa shape index (κ2) is 6.41. The van der Waals surface area contributed by atoms with Crippen LogP contribution < -0.4 is 0 Å². The fraction of sp³-hybridized carbons (Fsp3) is 0.167. The van der Waals surface area contributed by atoms with E-state index in [9.17, 15) is 0 Å². The highest BCUT2D eigenvalue weighted by molar-refractivity contribution is 5.41. The average Bonchev–Trinajstić information content (AvgIpc) is 2.04. The van der Waals surface area contributed by atoms with Crippen molar-refractivity contribution >= 4 is 0 Å². The Morgan fingerprint density at radius 1 is 1.08 bits per heavy atom. The molecule has 0 aliphatic heterocycles. The highest BCUT2D eigenvalue weighted by atomic mass is 14.0. The van der Waals surface area contributed by atoms with Crippen LogP contribution in [0.25, 0.3) is 0 Å². The molecule has 0 amide bonds. The van der Waals surface area contributed by atoms with Crippen molar-refractivity contribution in [1.29, 1.82) is 0 Å². The van der Waals surface area contributed by atoms with Gasteiger partial charge in [0.2, 0.25) is 0 Å². The van der Waals surface area contributed by atoms with Crippen molar-refractivity contribution in [3.8, 4) is 0 Å². The summed E-state index contributed by atoms with van der Waals surface area (Å²) < 4.78 is 0. The number of allylic oxidation sites excluding steroid dienone is 8. The summed E-state index contributed by atoms with van der Waals surface area (Å²) in [6, 6.07) is 0. The van der Waals surface area contributed by atoms with Crippen molar-refractivity contribution < 1.29 is 0 Å². The van der Waals surface area contributed by atoms with E-state index in [1.807, 2.05) is 25.2 Å². The van der Waals surface area contributed by atoms with Crippen molar-refractivity contribution in [2.45, 2.75) is 13.8 Å². The molecule has 0 unspecified atom stereocenters. The third-order valence-electron chi connectivity index (χ3n) is 1.47. The second-order valence-electron chi connectivity index (χ2n) is 2.44. The zero-order valence-electron chi connectivity index (χ0n) is 7.88. The minimum Gasteiger partial charge on any atom is -0.0991 e. The summed E-state index contributed by atoms with van der Waals surface area (Å²) in [5, 5.41) is 0. The molecule has 0 aromatic carbocycles. The maximum atomic E-state index is 3.66. The third-order valence-corrected chi connectivity index (χ3v) is 1.47. The molecule has 0 saturated carbocycles. The zero-order chi connectivity index (χ0) is 9.40. The molecule has 0 aliphatic rings. The first-order chi connectivity index (χ1) is 5.76. The molecule has 0 atom stereocenters. The van der Waals surface area contributed by atoms with E-state index in [1.165, 1.54) is 11.1 Å². The van der Waals surface area contributed by atoms with Gasteiger partial charge in [-0.3, -0.25) is 0 Å². The monoisotopic (exact) mass is 160 g/mol. The van der Waals surface area contributed by atoms with Crippen LogP contribution in [-0.4, -0.2) is 0 Å². The van der Waals surface area contributed by atoms with Crippen LogP contribution in [0, 0.1) is 0 Å². The van der Waals surface area contributed by atoms with Gasteiger partial charge in [-0.2, -0.15) is 0 Å². The largest absolute Gasteiger partial charge is 0.0991 e. The first kappa shape index (κ1) is 10.7. The Hall–Kier alpha value is -1.30. The molecule has 0 spiro atoms. The van der Waals surface area contributed by atoms with Crippen LogP contribution in [0.4, 0.5) is 0 Å². The van der Waals surface area contributed by atoms with Crippen molar-refractivity contribution in [2.24, 2.45) is 0 Å². The molecule has 0 saturated heterocycles. The van der Waals surface area contributed by atoms with E-state index >= 15 is 0 Å². The van der Waals surface area contributed by atoms with Gasteiger partial charge in [-0.15, -0.1) is 0 Å². The van der Waals surface area contributed by atoms with Crippen molar-refractivity contribution in [1.82, 2.24) is 0 Å². The van der Waals surface area contributed by atoms with Crippen LogP contribution >= 0.6 is 0 Å². The second-order valence-corrected chi connectivity index (χ2v) is 2.44. The van der Waals surface area contributed by atoms with Crippen LogP contribution in [0.1, 0.15) is 13.8 Å². The van der Waals surface area contributed by atoms with Gasteiger partial charge >= 0.3 is 0 Å². The summed E-state index contributed by atoms with van der Waals surface area (Å²) in [6.07, 6.45) is 11.6. The van der Waals surface area contributed by atoms with Crippen LogP contribution in [0.3, 0.4) is 0 Å². The minimum atomic E-state index is 1.17. The Bertz CT molecular complexity index is 237. The Morgan fingerprint density at radius 2 is 1.67 bits per heavy atom. The lowest BCUT2D eigenvalue weighted by Crippen LogP contribution is -1.79. The molecule has 0 heterocycles. The molecule has 0 aromatic heterocycles. The zero-order valence-corrected chi connectivity index (χ0v) is 7.88. The van der Waals surface area contributed by atoms with E-state index in [0.717, 1.165) is 0 Å². The first-order valence-electron chi connectivity index (χ1n) is 4.01. The molecule has 0 radical (unpaired) electrons. The van der Waals surface area contributed by atoms with Crippen molar-refractivity contribution in [3.63, 3.8) is 0 Å². The molecule has 0 N–H and O–H groups in total. The molecule has 0 heteroatoms. The van der Waals surface area contributed by atoms with Gasteiger partial charge in [0.05, 0.1) is 0 Å². The smallest absolute Gasteiger partial charge is 0.0231 e. The Morgan fingerprint density at radius 3 is 2.08 bits per heavy atom. The van der Waals surface area contributed by atoms with E-state index in [4.69, 9.17) is 0 Å². The van der Waals surface area contributed by atoms with Gasteiger partial charge < -0.3 is 0 Å². The van der Waals surface area contributed by atoms with Crippen LogP contribution in [0.2, 0.25) is 0 Å².